The van der Waals surface area contributed by atoms with Crippen molar-refractivity contribution in [2.75, 3.05) is 10.6 Å². The molecule has 0 aliphatic rings. The van der Waals surface area contributed by atoms with Gasteiger partial charge in [0.2, 0.25) is 5.91 Å². The molecular formula is C19H18N4O. The number of nitrogens with one attached hydrogen (secondary N) is 2. The lowest BCUT2D eigenvalue weighted by atomic mass is 10.1. The van der Waals surface area contributed by atoms with Crippen molar-refractivity contribution in [3.05, 3.63) is 59.2 Å². The molecule has 2 rings (SSSR count). The van der Waals surface area contributed by atoms with Gasteiger partial charge < -0.3 is 10.6 Å². The largest absolute Gasteiger partial charge is 0.379 e. The highest BCUT2D eigenvalue weighted by Gasteiger charge is 2.09. The first kappa shape index (κ1) is 17.1. The van der Waals surface area contributed by atoms with Gasteiger partial charge in [-0.25, -0.2) is 0 Å². The predicted molar refractivity (Wildman–Crippen MR) is 93.1 cm³/mol. The first-order valence-electron chi connectivity index (χ1n) is 7.62. The van der Waals surface area contributed by atoms with Gasteiger partial charge >= 0.3 is 0 Å². The van der Waals surface area contributed by atoms with Gasteiger partial charge in [-0.15, -0.1) is 0 Å². The molecule has 5 nitrogen and oxygen atoms in total. The Morgan fingerprint density at radius 2 is 1.62 bits per heavy atom. The van der Waals surface area contributed by atoms with Crippen LogP contribution in [-0.2, 0) is 11.3 Å². The number of rotatable bonds is 5. The molecule has 0 saturated heterocycles. The summed E-state index contributed by atoms with van der Waals surface area (Å²) < 4.78 is 0. The highest BCUT2D eigenvalue weighted by molar-refractivity contribution is 5.92. The molecule has 24 heavy (non-hydrogen) atoms. The van der Waals surface area contributed by atoms with Crippen LogP contribution < -0.4 is 10.6 Å². The minimum absolute atomic E-state index is 0.0255. The van der Waals surface area contributed by atoms with Crippen LogP contribution in [0.25, 0.3) is 0 Å². The number of carbonyl (C=O) groups excluding carboxylic acids is 1. The van der Waals surface area contributed by atoms with Crippen LogP contribution in [0.3, 0.4) is 0 Å². The Morgan fingerprint density at radius 3 is 2.12 bits per heavy atom. The maximum absolute atomic E-state index is 11.7. The summed E-state index contributed by atoms with van der Waals surface area (Å²) in [6.45, 7) is 4.16. The van der Waals surface area contributed by atoms with Crippen LogP contribution in [0.2, 0.25) is 0 Å². The topological polar surface area (TPSA) is 88.7 Å². The van der Waals surface area contributed by atoms with Gasteiger partial charge in [-0.05, 0) is 29.8 Å². The van der Waals surface area contributed by atoms with Crippen LogP contribution in [0.15, 0.2) is 42.5 Å². The second kappa shape index (κ2) is 7.80. The van der Waals surface area contributed by atoms with Crippen LogP contribution in [0, 0.1) is 28.6 Å². The molecule has 2 N–H and O–H groups in total. The molecule has 0 bridgehead atoms. The van der Waals surface area contributed by atoms with E-state index in [0.717, 1.165) is 11.3 Å². The fourth-order valence-corrected chi connectivity index (χ4v) is 2.11. The number of amides is 1. The highest BCUT2D eigenvalue weighted by Crippen LogP contribution is 2.21. The van der Waals surface area contributed by atoms with Crippen molar-refractivity contribution < 1.29 is 4.79 Å². The summed E-state index contributed by atoms with van der Waals surface area (Å²) in [7, 11) is 0. The zero-order valence-corrected chi connectivity index (χ0v) is 13.6. The van der Waals surface area contributed by atoms with Gasteiger partial charge in [0.05, 0.1) is 16.8 Å². The SMILES string of the molecule is CC(C)C(=O)Nc1ccc(CNc2c(C#N)cccc2C#N)cc1. The van der Waals surface area contributed by atoms with E-state index >= 15 is 0 Å². The summed E-state index contributed by atoms with van der Waals surface area (Å²) in [5, 5.41) is 24.3. The lowest BCUT2D eigenvalue weighted by Gasteiger charge is -2.11. The Kier molecular flexibility index (Phi) is 5.54. The predicted octanol–water partition coefficient (Wildman–Crippen LogP) is 3.64. The summed E-state index contributed by atoms with van der Waals surface area (Å²) in [6, 6.07) is 16.7. The maximum atomic E-state index is 11.7. The van der Waals surface area contributed by atoms with E-state index in [1.807, 2.05) is 38.1 Å². The van der Waals surface area contributed by atoms with E-state index < -0.39 is 0 Å². The number of carbonyl (C=O) groups is 1. The number of benzene rings is 2. The van der Waals surface area contributed by atoms with E-state index in [1.54, 1.807) is 18.2 Å². The Bertz CT molecular complexity index is 778. The number of nitrogens with zero attached hydrogens (tertiary/aromatic N) is 2. The molecule has 5 heteroatoms. The molecule has 1 amide bonds. The Balaban J connectivity index is 2.08. The standard InChI is InChI=1S/C19H18N4O/c1-13(2)19(24)23-17-8-6-14(7-9-17)12-22-18-15(10-20)4-3-5-16(18)11-21/h3-9,13,22H,12H2,1-2H3,(H,23,24). The first-order chi connectivity index (χ1) is 11.5. The number of nitriles is 2. The average Bonchev–Trinajstić information content (AvgIpc) is 2.60. The fourth-order valence-electron chi connectivity index (χ4n) is 2.11. The van der Waals surface area contributed by atoms with Crippen molar-refractivity contribution in [1.29, 1.82) is 10.5 Å². The molecule has 2 aromatic carbocycles. The Labute approximate surface area is 141 Å². The van der Waals surface area contributed by atoms with E-state index in [9.17, 15) is 4.79 Å². The Morgan fingerprint density at radius 1 is 1.04 bits per heavy atom. The van der Waals surface area contributed by atoms with Crippen molar-refractivity contribution in [3.8, 4) is 12.1 Å². The second-order valence-electron chi connectivity index (χ2n) is 5.65. The molecule has 0 atom stereocenters. The van der Waals surface area contributed by atoms with Gasteiger partial charge in [-0.2, -0.15) is 10.5 Å². The van der Waals surface area contributed by atoms with E-state index in [2.05, 4.69) is 22.8 Å². The second-order valence-corrected chi connectivity index (χ2v) is 5.65. The third kappa shape index (κ3) is 4.12. The van der Waals surface area contributed by atoms with Gasteiger partial charge in [-0.3, -0.25) is 4.79 Å². The molecule has 2 aromatic rings. The normalized spacial score (nSPS) is 9.88. The molecule has 0 aliphatic carbocycles. The highest BCUT2D eigenvalue weighted by atomic mass is 16.1. The minimum atomic E-state index is -0.0711. The molecule has 0 spiro atoms. The Hall–Kier alpha value is -3.31. The molecular weight excluding hydrogens is 300 g/mol. The van der Waals surface area contributed by atoms with Gasteiger partial charge in [-0.1, -0.05) is 32.0 Å². The average molecular weight is 318 g/mol. The van der Waals surface area contributed by atoms with Crippen molar-refractivity contribution in [1.82, 2.24) is 0 Å². The lowest BCUT2D eigenvalue weighted by Crippen LogP contribution is -2.17. The van der Waals surface area contributed by atoms with Crippen molar-refractivity contribution in [2.45, 2.75) is 20.4 Å². The molecule has 0 radical (unpaired) electrons. The smallest absolute Gasteiger partial charge is 0.226 e. The van der Waals surface area contributed by atoms with E-state index in [0.29, 0.717) is 23.4 Å². The van der Waals surface area contributed by atoms with Crippen molar-refractivity contribution >= 4 is 17.3 Å². The molecule has 0 unspecified atom stereocenters. The zero-order chi connectivity index (χ0) is 17.5. The van der Waals surface area contributed by atoms with Crippen molar-refractivity contribution in [3.63, 3.8) is 0 Å². The minimum Gasteiger partial charge on any atom is -0.379 e. The van der Waals surface area contributed by atoms with Crippen molar-refractivity contribution in [2.24, 2.45) is 5.92 Å². The van der Waals surface area contributed by atoms with Crippen LogP contribution >= 0.6 is 0 Å². The monoisotopic (exact) mass is 318 g/mol. The van der Waals surface area contributed by atoms with Crippen LogP contribution in [0.5, 0.6) is 0 Å². The number of hydrogen-bond acceptors (Lipinski definition) is 4. The molecule has 120 valence electrons. The number of para-hydroxylation sites is 1. The molecule has 0 aliphatic heterocycles. The summed E-state index contributed by atoms with van der Waals surface area (Å²) in [5.41, 5.74) is 3.14. The van der Waals surface area contributed by atoms with E-state index in [1.165, 1.54) is 0 Å². The number of anilines is 2. The van der Waals surface area contributed by atoms with Gasteiger partial charge in [0.25, 0.3) is 0 Å². The lowest BCUT2D eigenvalue weighted by molar-refractivity contribution is -0.118. The van der Waals surface area contributed by atoms with Gasteiger partial charge in [0.1, 0.15) is 12.1 Å². The third-order valence-electron chi connectivity index (χ3n) is 3.52. The summed E-state index contributed by atoms with van der Waals surface area (Å²) in [6.07, 6.45) is 0. The summed E-state index contributed by atoms with van der Waals surface area (Å²) in [5.74, 6) is -0.0966. The fraction of sp³-hybridized carbons (Fsp3) is 0.211. The molecule has 0 fully saturated rings. The molecule has 0 heterocycles. The third-order valence-corrected chi connectivity index (χ3v) is 3.52. The zero-order valence-electron chi connectivity index (χ0n) is 13.6. The van der Waals surface area contributed by atoms with Crippen LogP contribution in [-0.4, -0.2) is 5.91 Å². The first-order valence-corrected chi connectivity index (χ1v) is 7.62. The van der Waals surface area contributed by atoms with Crippen LogP contribution in [0.1, 0.15) is 30.5 Å². The summed E-state index contributed by atoms with van der Waals surface area (Å²) >= 11 is 0. The maximum Gasteiger partial charge on any atom is 0.226 e. The van der Waals surface area contributed by atoms with E-state index in [4.69, 9.17) is 10.5 Å². The van der Waals surface area contributed by atoms with E-state index in [-0.39, 0.29) is 11.8 Å². The molecule has 0 saturated carbocycles. The van der Waals surface area contributed by atoms with Gasteiger partial charge in [0.15, 0.2) is 0 Å². The summed E-state index contributed by atoms with van der Waals surface area (Å²) in [4.78, 5) is 11.7. The number of hydrogen-bond donors (Lipinski definition) is 2. The molecule has 0 aromatic heterocycles. The quantitative estimate of drug-likeness (QED) is 0.881. The van der Waals surface area contributed by atoms with Crippen LogP contribution in [0.4, 0.5) is 11.4 Å². The van der Waals surface area contributed by atoms with Gasteiger partial charge in [0, 0.05) is 18.2 Å².